The first kappa shape index (κ1) is 17.3. The summed E-state index contributed by atoms with van der Waals surface area (Å²) in [6.45, 7) is 6.52. The molecule has 0 aliphatic carbocycles. The lowest BCUT2D eigenvalue weighted by Crippen LogP contribution is -2.36. The molecule has 23 heavy (non-hydrogen) atoms. The highest BCUT2D eigenvalue weighted by Crippen LogP contribution is 2.16. The quantitative estimate of drug-likeness (QED) is 0.602. The average Bonchev–Trinajstić information content (AvgIpc) is 3.05. The van der Waals surface area contributed by atoms with Gasteiger partial charge in [0, 0.05) is 16.3 Å². The number of rotatable bonds is 7. The summed E-state index contributed by atoms with van der Waals surface area (Å²) in [5.41, 5.74) is 1.13. The Morgan fingerprint density at radius 3 is 2.65 bits per heavy atom. The summed E-state index contributed by atoms with van der Waals surface area (Å²) in [6, 6.07) is 12.4. The van der Waals surface area contributed by atoms with Crippen molar-refractivity contribution in [1.82, 2.24) is 10.6 Å². The van der Waals surface area contributed by atoms with Gasteiger partial charge in [-0.15, -0.1) is 11.3 Å². The molecule has 0 spiro atoms. The Bertz CT molecular complexity index is 637. The molecular formula is C18H25N3OS. The van der Waals surface area contributed by atoms with Crippen LogP contribution in [0.4, 0.5) is 0 Å². The van der Waals surface area contributed by atoms with Crippen LogP contribution in [0.25, 0.3) is 0 Å². The Hall–Kier alpha value is -2.01. The van der Waals surface area contributed by atoms with E-state index in [9.17, 15) is 0 Å². The van der Waals surface area contributed by atoms with Gasteiger partial charge in [-0.2, -0.15) is 0 Å². The number of ether oxygens (including phenoxy) is 1. The Kier molecular flexibility index (Phi) is 6.94. The lowest BCUT2D eigenvalue weighted by Gasteiger charge is -2.10. The van der Waals surface area contributed by atoms with Gasteiger partial charge in [-0.05, 0) is 43.2 Å². The van der Waals surface area contributed by atoms with Gasteiger partial charge in [0.05, 0.1) is 20.2 Å². The SMILES string of the molecule is CCNC(=NCc1cccc(OC)c1)NCc1ccc(CC)s1. The van der Waals surface area contributed by atoms with Gasteiger partial charge < -0.3 is 15.4 Å². The maximum atomic E-state index is 5.25. The van der Waals surface area contributed by atoms with Crippen molar-refractivity contribution in [3.8, 4) is 5.75 Å². The third kappa shape index (κ3) is 5.60. The molecule has 2 rings (SSSR count). The van der Waals surface area contributed by atoms with Crippen molar-refractivity contribution in [2.45, 2.75) is 33.4 Å². The van der Waals surface area contributed by atoms with Crippen LogP contribution < -0.4 is 15.4 Å². The van der Waals surface area contributed by atoms with Crippen LogP contribution in [0.2, 0.25) is 0 Å². The monoisotopic (exact) mass is 331 g/mol. The van der Waals surface area contributed by atoms with E-state index in [2.05, 4.69) is 47.7 Å². The molecule has 0 atom stereocenters. The number of hydrogen-bond acceptors (Lipinski definition) is 3. The molecule has 1 aromatic heterocycles. The zero-order chi connectivity index (χ0) is 16.5. The van der Waals surface area contributed by atoms with Gasteiger partial charge in [-0.1, -0.05) is 19.1 Å². The maximum absolute atomic E-state index is 5.25. The molecule has 124 valence electrons. The molecule has 0 bridgehead atoms. The van der Waals surface area contributed by atoms with Crippen LogP contribution in [0, 0.1) is 0 Å². The Balaban J connectivity index is 1.95. The number of aryl methyl sites for hydroxylation is 1. The number of methoxy groups -OCH3 is 1. The van der Waals surface area contributed by atoms with E-state index in [1.54, 1.807) is 7.11 Å². The molecule has 0 aliphatic heterocycles. The second kappa shape index (κ2) is 9.20. The van der Waals surface area contributed by atoms with Crippen LogP contribution in [0.3, 0.4) is 0 Å². The fourth-order valence-corrected chi connectivity index (χ4v) is 3.06. The van der Waals surface area contributed by atoms with Crippen molar-refractivity contribution < 1.29 is 4.74 Å². The highest BCUT2D eigenvalue weighted by atomic mass is 32.1. The summed E-state index contributed by atoms with van der Waals surface area (Å²) >= 11 is 1.85. The molecule has 0 saturated carbocycles. The first-order chi connectivity index (χ1) is 11.2. The van der Waals surface area contributed by atoms with E-state index in [0.717, 1.165) is 36.8 Å². The fraction of sp³-hybridized carbons (Fsp3) is 0.389. The van der Waals surface area contributed by atoms with Gasteiger partial charge in [0.2, 0.25) is 0 Å². The molecule has 4 nitrogen and oxygen atoms in total. The number of hydrogen-bond donors (Lipinski definition) is 2. The minimum absolute atomic E-state index is 0.622. The fourth-order valence-electron chi connectivity index (χ4n) is 2.16. The first-order valence-electron chi connectivity index (χ1n) is 7.97. The Labute approximate surface area is 142 Å². The molecular weight excluding hydrogens is 306 g/mol. The third-order valence-electron chi connectivity index (χ3n) is 3.39. The van der Waals surface area contributed by atoms with Crippen LogP contribution in [0.1, 0.15) is 29.2 Å². The van der Waals surface area contributed by atoms with E-state index >= 15 is 0 Å². The van der Waals surface area contributed by atoms with E-state index in [1.807, 2.05) is 29.5 Å². The topological polar surface area (TPSA) is 45.7 Å². The second-order valence-corrected chi connectivity index (χ2v) is 6.37. The first-order valence-corrected chi connectivity index (χ1v) is 8.79. The zero-order valence-corrected chi connectivity index (χ0v) is 14.9. The summed E-state index contributed by atoms with van der Waals surface area (Å²) in [4.78, 5) is 7.39. The van der Waals surface area contributed by atoms with Crippen molar-refractivity contribution in [3.05, 3.63) is 51.7 Å². The van der Waals surface area contributed by atoms with Gasteiger partial charge in [-0.25, -0.2) is 4.99 Å². The molecule has 0 fully saturated rings. The largest absolute Gasteiger partial charge is 0.497 e. The molecule has 1 aromatic carbocycles. The molecule has 0 saturated heterocycles. The van der Waals surface area contributed by atoms with Crippen molar-refractivity contribution >= 4 is 17.3 Å². The van der Waals surface area contributed by atoms with Crippen molar-refractivity contribution in [3.63, 3.8) is 0 Å². The highest BCUT2D eigenvalue weighted by Gasteiger charge is 2.02. The maximum Gasteiger partial charge on any atom is 0.191 e. The number of benzene rings is 1. The smallest absolute Gasteiger partial charge is 0.191 e. The van der Waals surface area contributed by atoms with Crippen LogP contribution in [0.15, 0.2) is 41.4 Å². The lowest BCUT2D eigenvalue weighted by molar-refractivity contribution is 0.414. The number of guanidine groups is 1. The molecule has 5 heteroatoms. The number of aliphatic imine (C=N–C) groups is 1. The Morgan fingerprint density at radius 1 is 1.13 bits per heavy atom. The van der Waals surface area contributed by atoms with Gasteiger partial charge >= 0.3 is 0 Å². The van der Waals surface area contributed by atoms with Gasteiger partial charge in [0.1, 0.15) is 5.75 Å². The van der Waals surface area contributed by atoms with E-state index < -0.39 is 0 Å². The average molecular weight is 331 g/mol. The van der Waals surface area contributed by atoms with Crippen molar-refractivity contribution in [2.24, 2.45) is 4.99 Å². The number of nitrogens with one attached hydrogen (secondary N) is 2. The molecule has 2 aromatic rings. The standard InChI is InChI=1S/C18H25N3OS/c1-4-16-9-10-17(23-16)13-21-18(19-5-2)20-12-14-7-6-8-15(11-14)22-3/h6-11H,4-5,12-13H2,1-3H3,(H2,19,20,21). The number of thiophene rings is 1. The lowest BCUT2D eigenvalue weighted by atomic mass is 10.2. The van der Waals surface area contributed by atoms with E-state index in [0.29, 0.717) is 6.54 Å². The summed E-state index contributed by atoms with van der Waals surface area (Å²) in [5.74, 6) is 1.70. The van der Waals surface area contributed by atoms with Crippen molar-refractivity contribution in [1.29, 1.82) is 0 Å². The minimum Gasteiger partial charge on any atom is -0.497 e. The van der Waals surface area contributed by atoms with E-state index in [4.69, 9.17) is 4.74 Å². The molecule has 1 heterocycles. The summed E-state index contributed by atoms with van der Waals surface area (Å²) in [6.07, 6.45) is 1.09. The van der Waals surface area contributed by atoms with E-state index in [1.165, 1.54) is 9.75 Å². The third-order valence-corrected chi connectivity index (χ3v) is 4.62. The normalized spacial score (nSPS) is 11.3. The predicted molar refractivity (Wildman–Crippen MR) is 98.3 cm³/mol. The van der Waals surface area contributed by atoms with Crippen molar-refractivity contribution in [2.75, 3.05) is 13.7 Å². The molecule has 2 N–H and O–H groups in total. The molecule has 0 unspecified atom stereocenters. The van der Waals surface area contributed by atoms with E-state index in [-0.39, 0.29) is 0 Å². The second-order valence-electron chi connectivity index (χ2n) is 5.12. The Morgan fingerprint density at radius 2 is 1.96 bits per heavy atom. The number of nitrogens with zero attached hydrogens (tertiary/aromatic N) is 1. The molecule has 0 amide bonds. The van der Waals surface area contributed by atoms with Gasteiger partial charge in [0.15, 0.2) is 5.96 Å². The van der Waals surface area contributed by atoms with Crippen LogP contribution in [0.5, 0.6) is 5.75 Å². The van der Waals surface area contributed by atoms with Crippen LogP contribution >= 0.6 is 11.3 Å². The highest BCUT2D eigenvalue weighted by molar-refractivity contribution is 7.11. The minimum atomic E-state index is 0.622. The zero-order valence-electron chi connectivity index (χ0n) is 14.1. The molecule has 0 aliphatic rings. The molecule has 0 radical (unpaired) electrons. The van der Waals surface area contributed by atoms with Gasteiger partial charge in [0.25, 0.3) is 0 Å². The van der Waals surface area contributed by atoms with Gasteiger partial charge in [-0.3, -0.25) is 0 Å². The summed E-state index contributed by atoms with van der Waals surface area (Å²) in [5, 5.41) is 6.68. The van der Waals surface area contributed by atoms with Crippen LogP contribution in [-0.2, 0) is 19.5 Å². The summed E-state index contributed by atoms with van der Waals surface area (Å²) < 4.78 is 5.25. The van der Waals surface area contributed by atoms with Crippen LogP contribution in [-0.4, -0.2) is 19.6 Å². The predicted octanol–water partition coefficient (Wildman–Crippen LogP) is 3.57. The summed E-state index contributed by atoms with van der Waals surface area (Å²) in [7, 11) is 1.68.